The lowest BCUT2D eigenvalue weighted by Crippen LogP contribution is -2.54. The maximum absolute atomic E-state index is 12.2. The highest BCUT2D eigenvalue weighted by atomic mass is 16.3. The number of fused-ring (bicyclic) bond motifs is 1. The maximum Gasteiger partial charge on any atom is 0.267 e. The van der Waals surface area contributed by atoms with Crippen LogP contribution in [-0.2, 0) is 13.7 Å². The second-order valence-corrected chi connectivity index (χ2v) is 5.76. The standard InChI is InChI=1S/C14H21N5O2/c1-9-6-18(10(2)5-15-9)12-4-13(21)17(3)19-7-11(8-20)16-14(12)19/h4,7,9-10,15,20H,5-6,8H2,1-3H3/t9-,10+/m1/s1. The van der Waals surface area contributed by atoms with Crippen molar-refractivity contribution in [2.24, 2.45) is 7.05 Å². The molecule has 0 saturated carbocycles. The molecule has 1 aliphatic heterocycles. The minimum atomic E-state index is -0.136. The van der Waals surface area contributed by atoms with Gasteiger partial charge >= 0.3 is 0 Å². The zero-order chi connectivity index (χ0) is 15.1. The van der Waals surface area contributed by atoms with Gasteiger partial charge in [0.15, 0.2) is 5.65 Å². The Kier molecular flexibility index (Phi) is 3.46. The first-order valence-corrected chi connectivity index (χ1v) is 7.20. The van der Waals surface area contributed by atoms with Crippen LogP contribution in [0.3, 0.4) is 0 Å². The first kappa shape index (κ1) is 14.1. The summed E-state index contributed by atoms with van der Waals surface area (Å²) in [7, 11) is 1.70. The molecule has 114 valence electrons. The maximum atomic E-state index is 12.2. The van der Waals surface area contributed by atoms with Crippen LogP contribution < -0.4 is 15.8 Å². The van der Waals surface area contributed by atoms with E-state index >= 15 is 0 Å². The van der Waals surface area contributed by atoms with Crippen LogP contribution in [-0.4, -0.2) is 44.5 Å². The second-order valence-electron chi connectivity index (χ2n) is 5.76. The Morgan fingerprint density at radius 2 is 2.24 bits per heavy atom. The van der Waals surface area contributed by atoms with Crippen molar-refractivity contribution in [3.63, 3.8) is 0 Å². The minimum absolute atomic E-state index is 0.0854. The largest absolute Gasteiger partial charge is 0.390 e. The highest BCUT2D eigenvalue weighted by Gasteiger charge is 2.25. The molecule has 0 radical (unpaired) electrons. The number of aryl methyl sites for hydroxylation is 1. The van der Waals surface area contributed by atoms with Gasteiger partial charge in [-0.15, -0.1) is 0 Å². The van der Waals surface area contributed by atoms with E-state index < -0.39 is 0 Å². The number of piperazine rings is 1. The summed E-state index contributed by atoms with van der Waals surface area (Å²) in [5.74, 6) is 0. The second kappa shape index (κ2) is 5.16. The molecule has 7 nitrogen and oxygen atoms in total. The van der Waals surface area contributed by atoms with Crippen LogP contribution in [0.4, 0.5) is 5.69 Å². The van der Waals surface area contributed by atoms with E-state index in [9.17, 15) is 9.90 Å². The molecule has 2 atom stereocenters. The van der Waals surface area contributed by atoms with Gasteiger partial charge in [0.05, 0.1) is 24.2 Å². The van der Waals surface area contributed by atoms with Crippen molar-refractivity contribution in [2.75, 3.05) is 18.0 Å². The summed E-state index contributed by atoms with van der Waals surface area (Å²) in [6.07, 6.45) is 1.70. The number of nitrogens with zero attached hydrogens (tertiary/aromatic N) is 4. The summed E-state index contributed by atoms with van der Waals surface area (Å²) in [5, 5.41) is 12.7. The molecule has 0 spiro atoms. The van der Waals surface area contributed by atoms with Crippen LogP contribution in [0.1, 0.15) is 19.5 Å². The Morgan fingerprint density at radius 1 is 1.48 bits per heavy atom. The molecule has 0 aliphatic carbocycles. The summed E-state index contributed by atoms with van der Waals surface area (Å²) in [4.78, 5) is 18.9. The predicted octanol–water partition coefficient (Wildman–Crippen LogP) is -0.288. The van der Waals surface area contributed by atoms with Gasteiger partial charge in [-0.05, 0) is 13.8 Å². The molecule has 7 heteroatoms. The van der Waals surface area contributed by atoms with Crippen molar-refractivity contribution in [3.8, 4) is 0 Å². The van der Waals surface area contributed by atoms with Crippen LogP contribution in [0.2, 0.25) is 0 Å². The zero-order valence-corrected chi connectivity index (χ0v) is 12.6. The predicted molar refractivity (Wildman–Crippen MR) is 80.6 cm³/mol. The number of rotatable bonds is 2. The summed E-state index contributed by atoms with van der Waals surface area (Å²) >= 11 is 0. The molecule has 21 heavy (non-hydrogen) atoms. The molecule has 1 fully saturated rings. The van der Waals surface area contributed by atoms with E-state index in [-0.39, 0.29) is 18.2 Å². The number of nitrogens with one attached hydrogen (secondary N) is 1. The molecule has 1 saturated heterocycles. The summed E-state index contributed by atoms with van der Waals surface area (Å²) in [6, 6.07) is 2.28. The SMILES string of the molecule is C[C@@H]1CN(c2cc(=O)n(C)n3cc(CO)nc23)[C@@H](C)CN1. The quantitative estimate of drug-likeness (QED) is 0.795. The molecule has 3 rings (SSSR count). The van der Waals surface area contributed by atoms with E-state index in [1.165, 1.54) is 4.68 Å². The number of aliphatic hydroxyl groups excluding tert-OH is 1. The van der Waals surface area contributed by atoms with E-state index in [2.05, 4.69) is 29.0 Å². The number of hydrogen-bond donors (Lipinski definition) is 2. The van der Waals surface area contributed by atoms with Crippen molar-refractivity contribution in [2.45, 2.75) is 32.5 Å². The number of aromatic nitrogens is 3. The van der Waals surface area contributed by atoms with Crippen LogP contribution >= 0.6 is 0 Å². The molecule has 2 aromatic rings. The van der Waals surface area contributed by atoms with Crippen molar-refractivity contribution in [3.05, 3.63) is 28.3 Å². The van der Waals surface area contributed by atoms with Crippen LogP contribution in [0, 0.1) is 0 Å². The highest BCUT2D eigenvalue weighted by molar-refractivity contribution is 5.69. The summed E-state index contributed by atoms with van der Waals surface area (Å²) in [5.41, 5.74) is 2.02. The molecule has 0 amide bonds. The van der Waals surface area contributed by atoms with Gasteiger partial charge in [-0.2, -0.15) is 0 Å². The Hall–Kier alpha value is -1.86. The van der Waals surface area contributed by atoms with E-state index in [0.717, 1.165) is 18.8 Å². The number of imidazole rings is 1. The van der Waals surface area contributed by atoms with Crippen molar-refractivity contribution >= 4 is 11.3 Å². The molecule has 2 N–H and O–H groups in total. The Labute approximate surface area is 122 Å². The third-order valence-corrected chi connectivity index (χ3v) is 4.11. The van der Waals surface area contributed by atoms with Gasteiger partial charge in [0.2, 0.25) is 0 Å². The van der Waals surface area contributed by atoms with Crippen molar-refractivity contribution in [1.29, 1.82) is 0 Å². The van der Waals surface area contributed by atoms with E-state index in [1.807, 2.05) is 0 Å². The average molecular weight is 291 g/mol. The van der Waals surface area contributed by atoms with E-state index in [4.69, 9.17) is 0 Å². The van der Waals surface area contributed by atoms with Gasteiger partial charge in [-0.25, -0.2) is 14.2 Å². The zero-order valence-electron chi connectivity index (χ0n) is 12.6. The third kappa shape index (κ3) is 2.32. The molecule has 2 aromatic heterocycles. The minimum Gasteiger partial charge on any atom is -0.390 e. The smallest absolute Gasteiger partial charge is 0.267 e. The van der Waals surface area contributed by atoms with Gasteiger partial charge in [-0.1, -0.05) is 0 Å². The van der Waals surface area contributed by atoms with Gasteiger partial charge in [0.25, 0.3) is 5.56 Å². The first-order chi connectivity index (χ1) is 10.0. The van der Waals surface area contributed by atoms with Crippen molar-refractivity contribution in [1.82, 2.24) is 19.5 Å². The number of aliphatic hydroxyl groups is 1. The van der Waals surface area contributed by atoms with Gasteiger partial charge in [0, 0.05) is 38.3 Å². The molecule has 3 heterocycles. The van der Waals surface area contributed by atoms with Crippen LogP contribution in [0.15, 0.2) is 17.1 Å². The lowest BCUT2D eigenvalue weighted by Gasteiger charge is -2.39. The fourth-order valence-corrected chi connectivity index (χ4v) is 2.85. The Bertz CT molecular complexity index is 720. The molecular weight excluding hydrogens is 270 g/mol. The monoisotopic (exact) mass is 291 g/mol. The van der Waals surface area contributed by atoms with E-state index in [1.54, 1.807) is 23.8 Å². The summed E-state index contributed by atoms with van der Waals surface area (Å²) in [6.45, 7) is 5.81. The van der Waals surface area contributed by atoms with Crippen LogP contribution in [0.25, 0.3) is 5.65 Å². The van der Waals surface area contributed by atoms with Gasteiger partial charge in [-0.3, -0.25) is 4.79 Å². The Balaban J connectivity index is 2.19. The lowest BCUT2D eigenvalue weighted by molar-refractivity contribution is 0.277. The first-order valence-electron chi connectivity index (χ1n) is 7.20. The third-order valence-electron chi connectivity index (χ3n) is 4.11. The molecular formula is C14H21N5O2. The van der Waals surface area contributed by atoms with Crippen LogP contribution in [0.5, 0.6) is 0 Å². The number of hydrogen-bond acceptors (Lipinski definition) is 5. The molecule has 0 unspecified atom stereocenters. The molecule has 0 bridgehead atoms. The molecule has 0 aromatic carbocycles. The lowest BCUT2D eigenvalue weighted by atomic mass is 10.1. The fourth-order valence-electron chi connectivity index (χ4n) is 2.85. The fraction of sp³-hybridized carbons (Fsp3) is 0.571. The Morgan fingerprint density at radius 3 is 2.95 bits per heavy atom. The normalized spacial score (nSPS) is 23.0. The number of anilines is 1. The molecule has 1 aliphatic rings. The topological polar surface area (TPSA) is 74.8 Å². The average Bonchev–Trinajstić information content (AvgIpc) is 2.90. The van der Waals surface area contributed by atoms with Crippen molar-refractivity contribution < 1.29 is 5.11 Å². The van der Waals surface area contributed by atoms with Gasteiger partial charge < -0.3 is 15.3 Å². The van der Waals surface area contributed by atoms with E-state index in [0.29, 0.717) is 17.4 Å². The highest BCUT2D eigenvalue weighted by Crippen LogP contribution is 2.23. The van der Waals surface area contributed by atoms with Gasteiger partial charge in [0.1, 0.15) is 0 Å². The summed E-state index contributed by atoms with van der Waals surface area (Å²) < 4.78 is 3.21.